The van der Waals surface area contributed by atoms with Crippen molar-refractivity contribution in [3.05, 3.63) is 40.2 Å². The number of carboxylic acids is 1. The van der Waals surface area contributed by atoms with Gasteiger partial charge < -0.3 is 20.3 Å². The zero-order valence-corrected chi connectivity index (χ0v) is 34.7. The van der Waals surface area contributed by atoms with Crippen molar-refractivity contribution in [3.8, 4) is 0 Å². The molecule has 1 unspecified atom stereocenters. The van der Waals surface area contributed by atoms with Gasteiger partial charge in [0.05, 0.1) is 28.7 Å². The lowest BCUT2D eigenvalue weighted by Crippen LogP contribution is -2.66. The highest BCUT2D eigenvalue weighted by atomic mass is 35.5. The van der Waals surface area contributed by atoms with E-state index in [-0.39, 0.29) is 57.8 Å². The Morgan fingerprint density at radius 1 is 0.981 bits per heavy atom. The van der Waals surface area contributed by atoms with E-state index in [1.54, 1.807) is 20.0 Å². The standard InChI is InChI=1S/C44H65ClN2O6/c1-25(2)36-30(48)21-44(33(49)24-46-26(3)29-13-11-27(45)23-47-29)20-19-42(9)28(37(36)44)12-14-32-41(8)17-16-34(53-35(50)22-39(4,5)38(51)52)40(6,7)31(41)15-18-43(32,42)10/h11,13,23,25-26,28,31-34,46,49H,12,14-22,24H2,1-10H3,(H,51,52)/t26-,28?,31-,32+,33-,34-,41-,42+,43+,44-/m0/s1. The lowest BCUT2D eigenvalue weighted by atomic mass is 9.33. The third kappa shape index (κ3) is 6.33. The van der Waals surface area contributed by atoms with Crippen molar-refractivity contribution in [2.45, 2.75) is 152 Å². The number of aromatic nitrogens is 1. The second kappa shape index (κ2) is 13.7. The van der Waals surface area contributed by atoms with Crippen LogP contribution in [0.15, 0.2) is 29.5 Å². The molecular weight excluding hydrogens is 688 g/mol. The van der Waals surface area contributed by atoms with Gasteiger partial charge in [-0.3, -0.25) is 19.4 Å². The number of ketones is 1. The molecule has 4 fully saturated rings. The number of nitrogens with zero attached hydrogens (tertiary/aromatic N) is 1. The molecule has 10 atom stereocenters. The van der Waals surface area contributed by atoms with E-state index < -0.39 is 28.9 Å². The van der Waals surface area contributed by atoms with Crippen LogP contribution in [0.1, 0.15) is 145 Å². The van der Waals surface area contributed by atoms with Crippen LogP contribution in [-0.4, -0.2) is 51.7 Å². The van der Waals surface area contributed by atoms with Crippen molar-refractivity contribution < 1.29 is 29.3 Å². The van der Waals surface area contributed by atoms with Crippen molar-refractivity contribution in [1.82, 2.24) is 10.3 Å². The first-order valence-electron chi connectivity index (χ1n) is 20.3. The summed E-state index contributed by atoms with van der Waals surface area (Å²) in [5.41, 5.74) is 1.18. The average molecular weight is 753 g/mol. The van der Waals surface area contributed by atoms with Crippen molar-refractivity contribution in [3.63, 3.8) is 0 Å². The molecule has 1 aromatic heterocycles. The molecule has 294 valence electrons. The van der Waals surface area contributed by atoms with Gasteiger partial charge in [-0.2, -0.15) is 0 Å². The van der Waals surface area contributed by atoms with Gasteiger partial charge in [-0.15, -0.1) is 0 Å². The van der Waals surface area contributed by atoms with Crippen LogP contribution in [-0.2, 0) is 19.1 Å². The van der Waals surface area contributed by atoms with E-state index in [4.69, 9.17) is 16.3 Å². The minimum Gasteiger partial charge on any atom is -0.481 e. The van der Waals surface area contributed by atoms with Gasteiger partial charge in [-0.05, 0) is 130 Å². The maximum atomic E-state index is 14.1. The number of nitrogens with one attached hydrogen (secondary N) is 1. The quantitative estimate of drug-likeness (QED) is 0.202. The van der Waals surface area contributed by atoms with Crippen LogP contribution in [0.3, 0.4) is 0 Å². The van der Waals surface area contributed by atoms with Crippen molar-refractivity contribution in [2.75, 3.05) is 6.54 Å². The Morgan fingerprint density at radius 3 is 2.30 bits per heavy atom. The Hall–Kier alpha value is -2.29. The third-order valence-electron chi connectivity index (χ3n) is 16.3. The fraction of sp³-hybridized carbons (Fsp3) is 0.773. The Bertz CT molecular complexity index is 1650. The molecule has 9 heteroatoms. The molecule has 0 amide bonds. The molecule has 5 aliphatic carbocycles. The van der Waals surface area contributed by atoms with Gasteiger partial charge in [0.1, 0.15) is 6.10 Å². The Labute approximate surface area is 322 Å². The van der Waals surface area contributed by atoms with Crippen LogP contribution in [0.4, 0.5) is 0 Å². The molecule has 0 aromatic carbocycles. The smallest absolute Gasteiger partial charge is 0.309 e. The number of aliphatic hydroxyl groups is 1. The number of Topliss-reactive ketones (excluding diaryl/α,β-unsaturated/α-hetero) is 1. The van der Waals surface area contributed by atoms with Gasteiger partial charge in [-0.1, -0.05) is 65.6 Å². The molecule has 3 N–H and O–H groups in total. The molecular formula is C44H65ClN2O6. The summed E-state index contributed by atoms with van der Waals surface area (Å²) < 4.78 is 6.17. The largest absolute Gasteiger partial charge is 0.481 e. The van der Waals surface area contributed by atoms with Crippen LogP contribution in [0.25, 0.3) is 0 Å². The first-order chi connectivity index (χ1) is 24.5. The van der Waals surface area contributed by atoms with E-state index in [0.29, 0.717) is 29.8 Å². The summed E-state index contributed by atoms with van der Waals surface area (Å²) in [7, 11) is 0. The van der Waals surface area contributed by atoms with E-state index in [2.05, 4.69) is 58.8 Å². The number of allylic oxidation sites excluding steroid dienone is 1. The molecule has 0 radical (unpaired) electrons. The molecule has 0 bridgehead atoms. The molecule has 1 heterocycles. The number of fused-ring (bicyclic) bond motifs is 7. The van der Waals surface area contributed by atoms with Crippen LogP contribution < -0.4 is 5.32 Å². The maximum Gasteiger partial charge on any atom is 0.309 e. The lowest BCUT2D eigenvalue weighted by molar-refractivity contribution is -0.235. The maximum absolute atomic E-state index is 14.1. The van der Waals surface area contributed by atoms with E-state index >= 15 is 0 Å². The average Bonchev–Trinajstić information content (AvgIpc) is 3.38. The van der Waals surface area contributed by atoms with Crippen LogP contribution in [0.2, 0.25) is 5.02 Å². The topological polar surface area (TPSA) is 126 Å². The SMILES string of the molecule is CC(C)C1=C2C3CC[C@@H]4[C@@]5(C)CC[C@H](OC(=O)CC(C)(C)C(=O)O)C(C)(C)[C@@H]5CC[C@@]4(C)[C@]3(C)CC[C@@]2([C@@H](O)CN[C@@H](C)c2ccc(Cl)cn2)CC1=O. The predicted octanol–water partition coefficient (Wildman–Crippen LogP) is 9.14. The molecule has 0 saturated heterocycles. The third-order valence-corrected chi connectivity index (χ3v) is 16.5. The highest BCUT2D eigenvalue weighted by Gasteiger charge is 2.70. The van der Waals surface area contributed by atoms with Crippen LogP contribution in [0.5, 0.6) is 0 Å². The summed E-state index contributed by atoms with van der Waals surface area (Å²) in [5.74, 6) is -0.0389. The molecule has 1 aromatic rings. The zero-order valence-electron chi connectivity index (χ0n) is 33.9. The van der Waals surface area contributed by atoms with E-state index in [0.717, 1.165) is 62.6 Å². The number of hydrogen-bond donors (Lipinski definition) is 3. The van der Waals surface area contributed by atoms with E-state index in [1.807, 2.05) is 19.1 Å². The highest BCUT2D eigenvalue weighted by molar-refractivity contribution is 6.30. The first kappa shape index (κ1) is 40.4. The number of carbonyl (C=O) groups is 3. The number of aliphatic hydroxyl groups excluding tert-OH is 1. The lowest BCUT2D eigenvalue weighted by Gasteiger charge is -2.72. The highest BCUT2D eigenvalue weighted by Crippen LogP contribution is 2.77. The molecule has 53 heavy (non-hydrogen) atoms. The minimum absolute atomic E-state index is 0.0307. The van der Waals surface area contributed by atoms with Crippen molar-refractivity contribution in [2.24, 2.45) is 56.2 Å². The number of aliphatic carboxylic acids is 1. The Kier molecular flexibility index (Phi) is 10.5. The molecule has 8 nitrogen and oxygen atoms in total. The predicted molar refractivity (Wildman–Crippen MR) is 207 cm³/mol. The fourth-order valence-electron chi connectivity index (χ4n) is 13.1. The van der Waals surface area contributed by atoms with Gasteiger partial charge in [-0.25, -0.2) is 0 Å². The van der Waals surface area contributed by atoms with Crippen LogP contribution in [0, 0.1) is 56.2 Å². The fourth-order valence-corrected chi connectivity index (χ4v) is 13.3. The van der Waals surface area contributed by atoms with Crippen molar-refractivity contribution >= 4 is 29.3 Å². The molecule has 0 aliphatic heterocycles. The molecule has 5 aliphatic rings. The van der Waals surface area contributed by atoms with E-state index in [9.17, 15) is 24.6 Å². The summed E-state index contributed by atoms with van der Waals surface area (Å²) >= 11 is 6.09. The van der Waals surface area contributed by atoms with Gasteiger partial charge in [0.2, 0.25) is 0 Å². The molecule has 4 saturated carbocycles. The normalized spacial score (nSPS) is 37.6. The van der Waals surface area contributed by atoms with E-state index in [1.165, 1.54) is 5.57 Å². The summed E-state index contributed by atoms with van der Waals surface area (Å²) in [6.07, 6.45) is 8.65. The number of carbonyl (C=O) groups excluding carboxylic acids is 2. The number of pyridine rings is 1. The summed E-state index contributed by atoms with van der Waals surface area (Å²) in [4.78, 5) is 43.4. The number of esters is 1. The second-order valence-corrected chi connectivity index (χ2v) is 20.5. The minimum atomic E-state index is -1.17. The van der Waals surface area contributed by atoms with Gasteiger partial charge in [0, 0.05) is 36.0 Å². The number of carboxylic acid groups (broad SMARTS) is 1. The van der Waals surface area contributed by atoms with Gasteiger partial charge in [0.15, 0.2) is 5.78 Å². The number of halogens is 1. The Balaban J connectivity index is 1.26. The number of rotatable bonds is 10. The summed E-state index contributed by atoms with van der Waals surface area (Å²) in [5, 5.41) is 26.0. The van der Waals surface area contributed by atoms with Crippen molar-refractivity contribution in [1.29, 1.82) is 0 Å². The summed E-state index contributed by atoms with van der Waals surface area (Å²) in [6.45, 7) is 22.0. The first-order valence-corrected chi connectivity index (χ1v) is 20.7. The monoisotopic (exact) mass is 752 g/mol. The number of ether oxygens (including phenoxy) is 1. The Morgan fingerprint density at radius 2 is 1.68 bits per heavy atom. The van der Waals surface area contributed by atoms with Gasteiger partial charge >= 0.3 is 11.9 Å². The summed E-state index contributed by atoms with van der Waals surface area (Å²) in [6, 6.07) is 3.67. The zero-order chi connectivity index (χ0) is 39.1. The van der Waals surface area contributed by atoms with Crippen LogP contribution >= 0.6 is 11.6 Å². The molecule has 0 spiro atoms. The second-order valence-electron chi connectivity index (χ2n) is 20.1. The van der Waals surface area contributed by atoms with Gasteiger partial charge in [0.25, 0.3) is 0 Å². The molecule has 6 rings (SSSR count). The number of hydrogen-bond acceptors (Lipinski definition) is 7.